The molecule has 104 valence electrons. The van der Waals surface area contributed by atoms with Crippen molar-refractivity contribution < 1.29 is 14.3 Å². The quantitative estimate of drug-likeness (QED) is 0.516. The zero-order valence-electron chi connectivity index (χ0n) is 11.6. The summed E-state index contributed by atoms with van der Waals surface area (Å²) in [5.74, 6) is -0.182. The number of nitrogens with zero attached hydrogens (tertiary/aromatic N) is 1. The van der Waals surface area contributed by atoms with Crippen molar-refractivity contribution in [2.45, 2.75) is 32.6 Å². The Hall–Kier alpha value is -1.10. The van der Waals surface area contributed by atoms with E-state index in [1.165, 1.54) is 0 Å². The Labute approximate surface area is 109 Å². The summed E-state index contributed by atoms with van der Waals surface area (Å²) in [4.78, 5) is 25.9. The molecule has 0 aromatic heterocycles. The molecule has 2 amide bonds. The highest BCUT2D eigenvalue weighted by molar-refractivity contribution is 6.07. The van der Waals surface area contributed by atoms with E-state index in [4.69, 9.17) is 4.74 Å². The SMILES string of the molecule is CCCCN(C)C(=O)C1(C(=O)NCCOC)CC1. The van der Waals surface area contributed by atoms with Gasteiger partial charge in [-0.1, -0.05) is 13.3 Å². The van der Waals surface area contributed by atoms with Crippen LogP contribution in [0.1, 0.15) is 32.6 Å². The maximum Gasteiger partial charge on any atom is 0.238 e. The summed E-state index contributed by atoms with van der Waals surface area (Å²) in [7, 11) is 3.36. The normalized spacial score (nSPS) is 16.2. The summed E-state index contributed by atoms with van der Waals surface area (Å²) < 4.78 is 4.88. The van der Waals surface area contributed by atoms with E-state index in [1.807, 2.05) is 0 Å². The fourth-order valence-electron chi connectivity index (χ4n) is 1.96. The van der Waals surface area contributed by atoms with E-state index in [0.717, 1.165) is 19.4 Å². The van der Waals surface area contributed by atoms with E-state index >= 15 is 0 Å². The third-order valence-corrected chi connectivity index (χ3v) is 3.38. The van der Waals surface area contributed by atoms with Crippen molar-refractivity contribution in [1.29, 1.82) is 0 Å². The first-order valence-electron chi connectivity index (χ1n) is 6.61. The Morgan fingerprint density at radius 2 is 2.06 bits per heavy atom. The van der Waals surface area contributed by atoms with Crippen molar-refractivity contribution in [2.75, 3.05) is 33.9 Å². The van der Waals surface area contributed by atoms with Crippen LogP contribution in [-0.2, 0) is 14.3 Å². The number of nitrogens with one attached hydrogen (secondary N) is 1. The minimum absolute atomic E-state index is 0.0362. The molecule has 1 aliphatic carbocycles. The Balaban J connectivity index is 2.47. The molecule has 1 rings (SSSR count). The molecule has 1 aliphatic rings. The van der Waals surface area contributed by atoms with Gasteiger partial charge in [-0.25, -0.2) is 0 Å². The molecular formula is C13H24N2O3. The molecule has 1 fully saturated rings. The summed E-state index contributed by atoms with van der Waals surface area (Å²) in [6.45, 7) is 3.75. The third kappa shape index (κ3) is 3.45. The van der Waals surface area contributed by atoms with Crippen LogP contribution < -0.4 is 5.32 Å². The largest absolute Gasteiger partial charge is 0.383 e. The van der Waals surface area contributed by atoms with Gasteiger partial charge in [-0.05, 0) is 19.3 Å². The highest BCUT2D eigenvalue weighted by Crippen LogP contribution is 2.47. The van der Waals surface area contributed by atoms with Gasteiger partial charge in [0.1, 0.15) is 5.41 Å². The van der Waals surface area contributed by atoms with Gasteiger partial charge in [0, 0.05) is 27.2 Å². The first-order chi connectivity index (χ1) is 8.58. The summed E-state index contributed by atoms with van der Waals surface area (Å²) in [5, 5.41) is 2.77. The molecule has 0 bridgehead atoms. The number of carbonyl (C=O) groups is 2. The van der Waals surface area contributed by atoms with Crippen molar-refractivity contribution in [3.05, 3.63) is 0 Å². The van der Waals surface area contributed by atoms with Crippen molar-refractivity contribution in [1.82, 2.24) is 10.2 Å². The summed E-state index contributed by atoms with van der Waals surface area (Å²) >= 11 is 0. The molecule has 0 heterocycles. The third-order valence-electron chi connectivity index (χ3n) is 3.38. The van der Waals surface area contributed by atoms with Crippen molar-refractivity contribution in [3.63, 3.8) is 0 Å². The Bertz CT molecular complexity index is 301. The van der Waals surface area contributed by atoms with Gasteiger partial charge in [-0.3, -0.25) is 9.59 Å². The number of carbonyl (C=O) groups excluding carboxylic acids is 2. The van der Waals surface area contributed by atoms with E-state index in [1.54, 1.807) is 19.1 Å². The van der Waals surface area contributed by atoms with Crippen molar-refractivity contribution in [3.8, 4) is 0 Å². The number of methoxy groups -OCH3 is 1. The van der Waals surface area contributed by atoms with E-state index in [9.17, 15) is 9.59 Å². The molecule has 0 saturated heterocycles. The van der Waals surface area contributed by atoms with E-state index in [-0.39, 0.29) is 11.8 Å². The monoisotopic (exact) mass is 256 g/mol. The molecule has 0 radical (unpaired) electrons. The lowest BCUT2D eigenvalue weighted by atomic mass is 10.0. The molecule has 0 aromatic carbocycles. The fourth-order valence-corrected chi connectivity index (χ4v) is 1.96. The minimum atomic E-state index is -0.782. The summed E-state index contributed by atoms with van der Waals surface area (Å²) in [6, 6.07) is 0. The molecule has 1 saturated carbocycles. The molecule has 0 spiro atoms. The molecule has 0 atom stereocenters. The smallest absolute Gasteiger partial charge is 0.238 e. The van der Waals surface area contributed by atoms with Crippen LogP contribution in [0.25, 0.3) is 0 Å². The Kier molecular flexibility index (Phi) is 5.59. The molecule has 1 N–H and O–H groups in total. The van der Waals surface area contributed by atoms with Gasteiger partial charge in [0.15, 0.2) is 0 Å². The average molecular weight is 256 g/mol. The second-order valence-electron chi connectivity index (χ2n) is 4.91. The maximum atomic E-state index is 12.2. The lowest BCUT2D eigenvalue weighted by Crippen LogP contribution is -2.44. The second kappa shape index (κ2) is 6.73. The molecule has 0 unspecified atom stereocenters. The van der Waals surface area contributed by atoms with Crippen LogP contribution in [0.3, 0.4) is 0 Å². The van der Waals surface area contributed by atoms with Crippen molar-refractivity contribution in [2.24, 2.45) is 5.41 Å². The van der Waals surface area contributed by atoms with Crippen LogP contribution in [0.4, 0.5) is 0 Å². The van der Waals surface area contributed by atoms with Crippen LogP contribution in [0.15, 0.2) is 0 Å². The number of rotatable bonds is 8. The zero-order valence-corrected chi connectivity index (χ0v) is 11.6. The van der Waals surface area contributed by atoms with E-state index < -0.39 is 5.41 Å². The standard InChI is InChI=1S/C13H24N2O3/c1-4-5-9-15(2)12(17)13(6-7-13)11(16)14-8-10-18-3/h4-10H2,1-3H3,(H,14,16). The fraction of sp³-hybridized carbons (Fsp3) is 0.846. The lowest BCUT2D eigenvalue weighted by Gasteiger charge is -2.22. The second-order valence-corrected chi connectivity index (χ2v) is 4.91. The summed E-state index contributed by atoms with van der Waals surface area (Å²) in [6.07, 6.45) is 3.36. The molecule has 0 aromatic rings. The maximum absolute atomic E-state index is 12.2. The first kappa shape index (κ1) is 15.0. The van der Waals surface area contributed by atoms with Crippen LogP contribution in [-0.4, -0.2) is 50.6 Å². The van der Waals surface area contributed by atoms with Gasteiger partial charge in [0.25, 0.3) is 0 Å². The highest BCUT2D eigenvalue weighted by Gasteiger charge is 2.57. The number of amides is 2. The molecule has 0 aliphatic heterocycles. The highest BCUT2D eigenvalue weighted by atomic mass is 16.5. The molecular weight excluding hydrogens is 232 g/mol. The molecule has 5 heteroatoms. The van der Waals surface area contributed by atoms with Gasteiger partial charge in [0.2, 0.25) is 11.8 Å². The van der Waals surface area contributed by atoms with E-state index in [0.29, 0.717) is 26.0 Å². The van der Waals surface area contributed by atoms with Gasteiger partial charge < -0.3 is 15.0 Å². The number of unbranched alkanes of at least 4 members (excludes halogenated alkanes) is 1. The van der Waals surface area contributed by atoms with Crippen LogP contribution in [0, 0.1) is 5.41 Å². The van der Waals surface area contributed by atoms with Crippen LogP contribution >= 0.6 is 0 Å². The van der Waals surface area contributed by atoms with Gasteiger partial charge in [-0.2, -0.15) is 0 Å². The van der Waals surface area contributed by atoms with Crippen LogP contribution in [0.2, 0.25) is 0 Å². The Morgan fingerprint density at radius 1 is 1.39 bits per heavy atom. The first-order valence-corrected chi connectivity index (χ1v) is 6.61. The van der Waals surface area contributed by atoms with Gasteiger partial charge >= 0.3 is 0 Å². The number of hydrogen-bond acceptors (Lipinski definition) is 3. The molecule has 18 heavy (non-hydrogen) atoms. The van der Waals surface area contributed by atoms with Gasteiger partial charge in [-0.15, -0.1) is 0 Å². The predicted octanol–water partition coefficient (Wildman–Crippen LogP) is 0.788. The summed E-state index contributed by atoms with van der Waals surface area (Å²) in [5.41, 5.74) is -0.782. The number of hydrogen-bond donors (Lipinski definition) is 1. The Morgan fingerprint density at radius 3 is 2.56 bits per heavy atom. The number of ether oxygens (including phenoxy) is 1. The van der Waals surface area contributed by atoms with Crippen LogP contribution in [0.5, 0.6) is 0 Å². The van der Waals surface area contributed by atoms with Crippen molar-refractivity contribution >= 4 is 11.8 Å². The topological polar surface area (TPSA) is 58.6 Å². The lowest BCUT2D eigenvalue weighted by molar-refractivity contribution is -0.143. The van der Waals surface area contributed by atoms with E-state index in [2.05, 4.69) is 12.2 Å². The van der Waals surface area contributed by atoms with Gasteiger partial charge in [0.05, 0.1) is 6.61 Å². The predicted molar refractivity (Wildman–Crippen MR) is 69.1 cm³/mol. The molecule has 5 nitrogen and oxygen atoms in total. The average Bonchev–Trinajstić information content (AvgIpc) is 3.16. The zero-order chi connectivity index (χ0) is 13.6. The minimum Gasteiger partial charge on any atom is -0.383 e.